The molecule has 3 rings (SSSR count). The number of furan rings is 1. The van der Waals surface area contributed by atoms with Gasteiger partial charge in [0.05, 0.1) is 16.9 Å². The lowest BCUT2D eigenvalue weighted by molar-refractivity contribution is -0.137. The van der Waals surface area contributed by atoms with Gasteiger partial charge >= 0.3 is 6.18 Å². The fraction of sp³-hybridized carbons (Fsp3) is 0.263. The van der Waals surface area contributed by atoms with E-state index in [-0.39, 0.29) is 16.3 Å². The van der Waals surface area contributed by atoms with E-state index in [0.717, 1.165) is 11.6 Å². The Balaban J connectivity index is 1.84. The van der Waals surface area contributed by atoms with Crippen LogP contribution in [0.5, 0.6) is 0 Å². The van der Waals surface area contributed by atoms with Crippen LogP contribution in [-0.4, -0.2) is 30.4 Å². The van der Waals surface area contributed by atoms with Crippen LogP contribution >= 0.6 is 0 Å². The van der Waals surface area contributed by atoms with Crippen LogP contribution in [-0.2, 0) is 16.0 Å². The molecule has 6 nitrogen and oxygen atoms in total. The van der Waals surface area contributed by atoms with Gasteiger partial charge in [0, 0.05) is 6.04 Å². The number of nitrogens with zero attached hydrogens (tertiary/aromatic N) is 2. The van der Waals surface area contributed by atoms with Gasteiger partial charge in [-0.2, -0.15) is 13.2 Å². The lowest BCUT2D eigenvalue weighted by atomic mass is 10.2. The molecule has 0 aliphatic rings. The maximum Gasteiger partial charge on any atom is 0.420 e. The molecule has 0 aliphatic carbocycles. The van der Waals surface area contributed by atoms with Crippen molar-refractivity contribution in [1.29, 1.82) is 0 Å². The van der Waals surface area contributed by atoms with E-state index in [1.54, 1.807) is 12.1 Å². The van der Waals surface area contributed by atoms with Gasteiger partial charge in [-0.05, 0) is 44.2 Å². The first-order valence-electron chi connectivity index (χ1n) is 8.61. The van der Waals surface area contributed by atoms with E-state index in [2.05, 4.69) is 15.5 Å². The van der Waals surface area contributed by atoms with Crippen molar-refractivity contribution in [3.05, 3.63) is 59.9 Å². The highest BCUT2D eigenvalue weighted by Crippen LogP contribution is 2.35. The van der Waals surface area contributed by atoms with Crippen LogP contribution in [0.15, 0.2) is 58.0 Å². The van der Waals surface area contributed by atoms with Gasteiger partial charge in [0.25, 0.3) is 0 Å². The van der Waals surface area contributed by atoms with Gasteiger partial charge in [0.2, 0.25) is 0 Å². The van der Waals surface area contributed by atoms with Crippen LogP contribution in [0.4, 0.5) is 19.0 Å². The first-order valence-corrected chi connectivity index (χ1v) is 10.3. The number of nitrogens with one attached hydrogen (secondary N) is 1. The van der Waals surface area contributed by atoms with Crippen molar-refractivity contribution in [1.82, 2.24) is 10.2 Å². The maximum atomic E-state index is 13.5. The Morgan fingerprint density at radius 2 is 1.83 bits per heavy atom. The summed E-state index contributed by atoms with van der Waals surface area (Å²) in [6, 6.07) is 9.22. The van der Waals surface area contributed by atoms with Crippen molar-refractivity contribution in [2.24, 2.45) is 0 Å². The topological polar surface area (TPSA) is 85.1 Å². The zero-order valence-corrected chi connectivity index (χ0v) is 16.4. The van der Waals surface area contributed by atoms with Crippen molar-refractivity contribution in [2.75, 3.05) is 11.1 Å². The van der Waals surface area contributed by atoms with E-state index in [9.17, 15) is 21.6 Å². The second-order valence-electron chi connectivity index (χ2n) is 6.61. The van der Waals surface area contributed by atoms with E-state index in [1.165, 1.54) is 37.5 Å². The molecule has 0 radical (unpaired) electrons. The maximum absolute atomic E-state index is 13.5. The summed E-state index contributed by atoms with van der Waals surface area (Å²) >= 11 is 0. The fourth-order valence-electron chi connectivity index (χ4n) is 2.71. The lowest BCUT2D eigenvalue weighted by Gasteiger charge is -2.18. The molecule has 0 saturated carbocycles. The monoisotopic (exact) mass is 425 g/mol. The molecule has 2 heterocycles. The predicted octanol–water partition coefficient (Wildman–Crippen LogP) is 4.34. The van der Waals surface area contributed by atoms with E-state index < -0.39 is 39.2 Å². The molecule has 0 aliphatic heterocycles. The quantitative estimate of drug-likeness (QED) is 0.633. The zero-order valence-electron chi connectivity index (χ0n) is 15.6. The van der Waals surface area contributed by atoms with E-state index >= 15 is 0 Å². The molecule has 0 saturated heterocycles. The Labute approximate surface area is 165 Å². The largest absolute Gasteiger partial charge is 0.463 e. The standard InChI is InChI=1S/C19H18F3N3O3S/c1-12-5-7-14(8-6-12)29(26,27)11-13(2)23-18-15(19(20,21)22)10-16(24-25-18)17-4-3-9-28-17/h3-10,13H,11H2,1-2H3,(H,23,25). The molecule has 2 aromatic heterocycles. The van der Waals surface area contributed by atoms with E-state index in [4.69, 9.17) is 4.42 Å². The molecule has 0 bridgehead atoms. The minimum atomic E-state index is -4.71. The number of aryl methyl sites for hydroxylation is 1. The number of hydrogen-bond donors (Lipinski definition) is 1. The number of hydrogen-bond acceptors (Lipinski definition) is 6. The van der Waals surface area contributed by atoms with Crippen molar-refractivity contribution in [2.45, 2.75) is 31.0 Å². The summed E-state index contributed by atoms with van der Waals surface area (Å²) < 4.78 is 70.6. The molecule has 0 fully saturated rings. The molecular formula is C19H18F3N3O3S. The highest BCUT2D eigenvalue weighted by molar-refractivity contribution is 7.91. The summed E-state index contributed by atoms with van der Waals surface area (Å²) in [5.74, 6) is -0.807. The molecule has 154 valence electrons. The van der Waals surface area contributed by atoms with Gasteiger partial charge in [-0.1, -0.05) is 17.7 Å². The molecule has 1 aromatic carbocycles. The summed E-state index contributed by atoms with van der Waals surface area (Å²) in [7, 11) is -3.70. The Kier molecular flexibility index (Phi) is 5.65. The molecule has 1 atom stereocenters. The number of halogens is 3. The van der Waals surface area contributed by atoms with Crippen LogP contribution in [0, 0.1) is 6.92 Å². The number of alkyl halides is 3. The van der Waals surface area contributed by atoms with Crippen LogP contribution in [0.1, 0.15) is 18.1 Å². The van der Waals surface area contributed by atoms with Gasteiger partial charge in [-0.3, -0.25) is 0 Å². The number of anilines is 1. The second kappa shape index (κ2) is 7.86. The van der Waals surface area contributed by atoms with Crippen LogP contribution in [0.3, 0.4) is 0 Å². The first kappa shape index (κ1) is 20.8. The van der Waals surface area contributed by atoms with Crippen LogP contribution in [0.2, 0.25) is 0 Å². The van der Waals surface area contributed by atoms with Gasteiger partial charge in [0.1, 0.15) is 11.3 Å². The Morgan fingerprint density at radius 1 is 1.14 bits per heavy atom. The summed E-state index contributed by atoms with van der Waals surface area (Å²) in [6.45, 7) is 3.29. The fourth-order valence-corrected chi connectivity index (χ4v) is 4.19. The second-order valence-corrected chi connectivity index (χ2v) is 8.64. The molecule has 1 N–H and O–H groups in total. The minimum absolute atomic E-state index is 0.0761. The third-order valence-electron chi connectivity index (χ3n) is 4.11. The van der Waals surface area contributed by atoms with Gasteiger partial charge in [-0.25, -0.2) is 8.42 Å². The summed E-state index contributed by atoms with van der Waals surface area (Å²) in [5, 5.41) is 9.90. The smallest absolute Gasteiger partial charge is 0.420 e. The third-order valence-corrected chi connectivity index (χ3v) is 6.03. The molecule has 0 amide bonds. The molecule has 10 heteroatoms. The molecule has 29 heavy (non-hydrogen) atoms. The highest BCUT2D eigenvalue weighted by atomic mass is 32.2. The van der Waals surface area contributed by atoms with Crippen molar-refractivity contribution in [3.8, 4) is 11.5 Å². The first-order chi connectivity index (χ1) is 13.6. The molecule has 3 aromatic rings. The summed E-state index contributed by atoms with van der Waals surface area (Å²) in [5.41, 5.74) is -0.233. The molecular weight excluding hydrogens is 407 g/mol. The lowest BCUT2D eigenvalue weighted by Crippen LogP contribution is -2.28. The summed E-state index contributed by atoms with van der Waals surface area (Å²) in [4.78, 5) is 0.104. The molecule has 1 unspecified atom stereocenters. The van der Waals surface area contributed by atoms with Gasteiger partial charge < -0.3 is 9.73 Å². The Hall–Kier alpha value is -2.88. The number of rotatable bonds is 6. The van der Waals surface area contributed by atoms with Gasteiger partial charge in [-0.15, -0.1) is 10.2 Å². The van der Waals surface area contributed by atoms with E-state index in [1.807, 2.05) is 6.92 Å². The SMILES string of the molecule is Cc1ccc(S(=O)(=O)CC(C)Nc2nnc(-c3ccco3)cc2C(F)(F)F)cc1. The number of benzene rings is 1. The van der Waals surface area contributed by atoms with Crippen molar-refractivity contribution < 1.29 is 26.0 Å². The minimum Gasteiger partial charge on any atom is -0.463 e. The molecule has 0 spiro atoms. The van der Waals surface area contributed by atoms with Crippen LogP contribution in [0.25, 0.3) is 11.5 Å². The Bertz CT molecular complexity index is 1080. The average Bonchev–Trinajstić information content (AvgIpc) is 3.15. The van der Waals surface area contributed by atoms with Crippen molar-refractivity contribution >= 4 is 15.7 Å². The number of aromatic nitrogens is 2. The van der Waals surface area contributed by atoms with E-state index in [0.29, 0.717) is 0 Å². The third kappa shape index (κ3) is 4.94. The Morgan fingerprint density at radius 3 is 2.41 bits per heavy atom. The average molecular weight is 425 g/mol. The zero-order chi connectivity index (χ0) is 21.2. The number of sulfone groups is 1. The predicted molar refractivity (Wildman–Crippen MR) is 101 cm³/mol. The van der Waals surface area contributed by atoms with Gasteiger partial charge in [0.15, 0.2) is 21.4 Å². The normalized spacial score (nSPS) is 13.3. The van der Waals surface area contributed by atoms with Crippen molar-refractivity contribution in [3.63, 3.8) is 0 Å². The highest BCUT2D eigenvalue weighted by Gasteiger charge is 2.36. The summed E-state index contributed by atoms with van der Waals surface area (Å²) in [6.07, 6.45) is -3.40. The van der Waals surface area contributed by atoms with Crippen LogP contribution < -0.4 is 5.32 Å².